The Morgan fingerprint density at radius 1 is 1.09 bits per heavy atom. The van der Waals surface area contributed by atoms with Gasteiger partial charge in [-0.2, -0.15) is 0 Å². The highest BCUT2D eigenvalue weighted by atomic mass is 16.5. The predicted octanol–water partition coefficient (Wildman–Crippen LogP) is 2.98. The minimum absolute atomic E-state index is 0.369. The number of benzene rings is 2. The van der Waals surface area contributed by atoms with E-state index in [4.69, 9.17) is 15.2 Å². The predicted molar refractivity (Wildman–Crippen MR) is 94.5 cm³/mol. The molecule has 0 saturated heterocycles. The zero-order valence-corrected chi connectivity index (χ0v) is 13.8. The van der Waals surface area contributed by atoms with Crippen molar-refractivity contribution in [1.29, 1.82) is 0 Å². The van der Waals surface area contributed by atoms with E-state index in [0.29, 0.717) is 12.5 Å². The second kappa shape index (κ2) is 8.08. The van der Waals surface area contributed by atoms with Gasteiger partial charge in [0.25, 0.3) is 0 Å². The summed E-state index contributed by atoms with van der Waals surface area (Å²) in [6.07, 6.45) is 0.797. The van der Waals surface area contributed by atoms with E-state index in [9.17, 15) is 0 Å². The number of guanidine groups is 1. The van der Waals surface area contributed by atoms with Crippen LogP contribution in [-0.4, -0.2) is 26.7 Å². The maximum atomic E-state index is 5.93. The van der Waals surface area contributed by atoms with Gasteiger partial charge in [0.2, 0.25) is 0 Å². The van der Waals surface area contributed by atoms with E-state index in [1.807, 2.05) is 43.3 Å². The van der Waals surface area contributed by atoms with Crippen molar-refractivity contribution >= 4 is 11.6 Å². The van der Waals surface area contributed by atoms with Gasteiger partial charge in [-0.05, 0) is 42.7 Å². The van der Waals surface area contributed by atoms with Gasteiger partial charge < -0.3 is 20.5 Å². The van der Waals surface area contributed by atoms with Crippen molar-refractivity contribution in [2.75, 3.05) is 26.1 Å². The van der Waals surface area contributed by atoms with Gasteiger partial charge in [0.1, 0.15) is 11.5 Å². The molecular formula is C18H23N3O2. The Morgan fingerprint density at radius 3 is 2.57 bits per heavy atom. The van der Waals surface area contributed by atoms with Crippen LogP contribution in [-0.2, 0) is 6.42 Å². The summed E-state index contributed by atoms with van der Waals surface area (Å²) in [4.78, 5) is 4.35. The summed E-state index contributed by atoms with van der Waals surface area (Å²) >= 11 is 0. The Labute approximate surface area is 137 Å². The smallest absolute Gasteiger partial charge is 0.193 e. The van der Waals surface area contributed by atoms with E-state index in [2.05, 4.69) is 16.4 Å². The van der Waals surface area contributed by atoms with Gasteiger partial charge in [0.05, 0.1) is 19.9 Å². The number of nitrogens with two attached hydrogens (primary N) is 1. The normalized spacial score (nSPS) is 11.2. The van der Waals surface area contributed by atoms with E-state index >= 15 is 0 Å². The van der Waals surface area contributed by atoms with Crippen LogP contribution in [0.1, 0.15) is 11.1 Å². The van der Waals surface area contributed by atoms with Crippen LogP contribution in [0.25, 0.3) is 0 Å². The molecule has 0 aromatic heterocycles. The zero-order chi connectivity index (χ0) is 16.7. The molecule has 0 aliphatic carbocycles. The summed E-state index contributed by atoms with van der Waals surface area (Å²) < 4.78 is 10.6. The van der Waals surface area contributed by atoms with Crippen LogP contribution >= 0.6 is 0 Å². The van der Waals surface area contributed by atoms with Gasteiger partial charge in [0, 0.05) is 6.54 Å². The molecule has 2 aromatic rings. The van der Waals surface area contributed by atoms with Gasteiger partial charge in [-0.15, -0.1) is 0 Å². The molecule has 0 unspecified atom stereocenters. The molecule has 2 rings (SSSR count). The quantitative estimate of drug-likeness (QED) is 0.635. The number of para-hydroxylation sites is 2. The van der Waals surface area contributed by atoms with Gasteiger partial charge >= 0.3 is 0 Å². The molecule has 122 valence electrons. The first-order chi connectivity index (χ1) is 11.1. The fraction of sp³-hybridized carbons (Fsp3) is 0.278. The first kappa shape index (κ1) is 16.7. The Morgan fingerprint density at radius 2 is 1.83 bits per heavy atom. The van der Waals surface area contributed by atoms with E-state index in [-0.39, 0.29) is 0 Å². The zero-order valence-electron chi connectivity index (χ0n) is 13.8. The van der Waals surface area contributed by atoms with Gasteiger partial charge in [-0.25, -0.2) is 0 Å². The van der Waals surface area contributed by atoms with Crippen LogP contribution in [0, 0.1) is 6.92 Å². The molecule has 0 bridgehead atoms. The van der Waals surface area contributed by atoms with E-state index < -0.39 is 0 Å². The topological polar surface area (TPSA) is 68.9 Å². The third-order valence-electron chi connectivity index (χ3n) is 3.52. The van der Waals surface area contributed by atoms with Crippen LogP contribution in [0.2, 0.25) is 0 Å². The average Bonchev–Trinajstić information content (AvgIpc) is 2.57. The maximum Gasteiger partial charge on any atom is 0.193 e. The molecule has 0 amide bonds. The van der Waals surface area contributed by atoms with Crippen LogP contribution in [0.5, 0.6) is 11.5 Å². The minimum Gasteiger partial charge on any atom is -0.496 e. The Hall–Kier alpha value is -2.69. The fourth-order valence-corrected chi connectivity index (χ4v) is 2.25. The lowest BCUT2D eigenvalue weighted by molar-refractivity contribution is 0.411. The molecule has 23 heavy (non-hydrogen) atoms. The minimum atomic E-state index is 0.369. The number of rotatable bonds is 6. The summed E-state index contributed by atoms with van der Waals surface area (Å²) in [5.41, 5.74) is 9.02. The molecule has 0 atom stereocenters. The monoisotopic (exact) mass is 313 g/mol. The summed E-state index contributed by atoms with van der Waals surface area (Å²) in [5.74, 6) is 1.99. The molecule has 0 aliphatic rings. The van der Waals surface area contributed by atoms with Crippen molar-refractivity contribution in [1.82, 2.24) is 0 Å². The van der Waals surface area contributed by atoms with Gasteiger partial charge in [-0.1, -0.05) is 24.3 Å². The van der Waals surface area contributed by atoms with Crippen molar-refractivity contribution in [3.8, 4) is 11.5 Å². The highest BCUT2D eigenvalue weighted by Gasteiger charge is 2.03. The van der Waals surface area contributed by atoms with Gasteiger partial charge in [0.15, 0.2) is 5.96 Å². The second-order valence-corrected chi connectivity index (χ2v) is 5.15. The summed E-state index contributed by atoms with van der Waals surface area (Å²) in [7, 11) is 3.30. The van der Waals surface area contributed by atoms with Gasteiger partial charge in [-0.3, -0.25) is 4.99 Å². The van der Waals surface area contributed by atoms with E-state index in [0.717, 1.165) is 29.2 Å². The number of ether oxygens (including phenoxy) is 2. The summed E-state index contributed by atoms with van der Waals surface area (Å²) in [5, 5.41) is 3.06. The maximum absolute atomic E-state index is 5.93. The summed E-state index contributed by atoms with van der Waals surface area (Å²) in [6, 6.07) is 13.7. The lowest BCUT2D eigenvalue weighted by Gasteiger charge is -2.10. The van der Waals surface area contributed by atoms with Crippen molar-refractivity contribution < 1.29 is 9.47 Å². The van der Waals surface area contributed by atoms with Crippen molar-refractivity contribution in [3.05, 3.63) is 53.6 Å². The lowest BCUT2D eigenvalue weighted by atomic mass is 10.1. The number of nitrogens with one attached hydrogen (secondary N) is 1. The van der Waals surface area contributed by atoms with E-state index in [1.54, 1.807) is 14.2 Å². The fourth-order valence-electron chi connectivity index (χ4n) is 2.25. The number of anilines is 1. The number of aryl methyl sites for hydroxylation is 1. The first-order valence-electron chi connectivity index (χ1n) is 7.47. The van der Waals surface area contributed by atoms with Crippen molar-refractivity contribution in [3.63, 3.8) is 0 Å². The standard InChI is InChI=1S/C18H23N3O2/c1-13-8-9-14(12-17(13)23-3)10-11-20-18(19)21-15-6-4-5-7-16(15)22-2/h4-9,12H,10-11H2,1-3H3,(H3,19,20,21). The first-order valence-corrected chi connectivity index (χ1v) is 7.47. The number of hydrogen-bond acceptors (Lipinski definition) is 3. The molecule has 0 heterocycles. The largest absolute Gasteiger partial charge is 0.496 e. The molecule has 0 radical (unpaired) electrons. The molecule has 0 saturated carbocycles. The van der Waals surface area contributed by atoms with Crippen LogP contribution in [0.3, 0.4) is 0 Å². The average molecular weight is 313 g/mol. The Bertz CT molecular complexity index is 684. The molecule has 2 aromatic carbocycles. The molecule has 0 spiro atoms. The van der Waals surface area contributed by atoms with E-state index in [1.165, 1.54) is 5.56 Å². The molecule has 3 N–H and O–H groups in total. The Kier molecular flexibility index (Phi) is 5.86. The summed E-state index contributed by atoms with van der Waals surface area (Å²) in [6.45, 7) is 2.62. The van der Waals surface area contributed by atoms with Crippen LogP contribution in [0.15, 0.2) is 47.5 Å². The third kappa shape index (κ3) is 4.64. The lowest BCUT2D eigenvalue weighted by Crippen LogP contribution is -2.23. The van der Waals surface area contributed by atoms with Crippen molar-refractivity contribution in [2.45, 2.75) is 13.3 Å². The van der Waals surface area contributed by atoms with Crippen molar-refractivity contribution in [2.24, 2.45) is 10.7 Å². The Balaban J connectivity index is 1.95. The van der Waals surface area contributed by atoms with Crippen LogP contribution in [0.4, 0.5) is 5.69 Å². The second-order valence-electron chi connectivity index (χ2n) is 5.15. The molecule has 0 aliphatic heterocycles. The highest BCUT2D eigenvalue weighted by molar-refractivity contribution is 5.93. The van der Waals surface area contributed by atoms with Crippen LogP contribution < -0.4 is 20.5 Å². The molecular weight excluding hydrogens is 290 g/mol. The number of hydrogen-bond donors (Lipinski definition) is 2. The number of nitrogens with zero attached hydrogens (tertiary/aromatic N) is 1. The number of aliphatic imine (C=N–C) groups is 1. The highest BCUT2D eigenvalue weighted by Crippen LogP contribution is 2.22. The molecule has 5 heteroatoms. The molecule has 5 nitrogen and oxygen atoms in total. The molecule has 0 fully saturated rings. The number of methoxy groups -OCH3 is 2. The third-order valence-corrected chi connectivity index (χ3v) is 3.52. The SMILES string of the molecule is COc1cc(CCN=C(N)Nc2ccccc2OC)ccc1C.